The van der Waals surface area contributed by atoms with E-state index in [1.54, 1.807) is 11.3 Å². The Morgan fingerprint density at radius 1 is 0.386 bits per heavy atom. The quantitative estimate of drug-likeness (QED) is 0.173. The van der Waals surface area contributed by atoms with E-state index >= 15 is 0 Å². The Hall–Kier alpha value is -7.55. The molecule has 0 saturated carbocycles. The van der Waals surface area contributed by atoms with E-state index in [4.69, 9.17) is 33.8 Å². The SMILES string of the molecule is c1ccc(-c2nc(-c3ccccc3)nc(-c3cccc4oc5c(-c6nc(-c7ccc8c(c7)oc7ccccc78)c7sc8ccccc8c7n6)cccc5c34)n2)cc1. The summed E-state index contributed by atoms with van der Waals surface area (Å²) in [6, 6.07) is 55.1. The van der Waals surface area contributed by atoms with Crippen LogP contribution in [0.5, 0.6) is 0 Å². The van der Waals surface area contributed by atoms with Crippen molar-refractivity contribution < 1.29 is 8.83 Å². The van der Waals surface area contributed by atoms with Gasteiger partial charge in [-0.1, -0.05) is 127 Å². The van der Waals surface area contributed by atoms with Crippen LogP contribution < -0.4 is 0 Å². The number of rotatable bonds is 5. The predicted molar refractivity (Wildman–Crippen MR) is 230 cm³/mol. The van der Waals surface area contributed by atoms with Gasteiger partial charge in [0.05, 0.1) is 21.5 Å². The first-order valence-electron chi connectivity index (χ1n) is 18.7. The molecule has 0 aliphatic rings. The Morgan fingerprint density at radius 2 is 1.00 bits per heavy atom. The van der Waals surface area contributed by atoms with Crippen LogP contribution in [-0.2, 0) is 0 Å². The van der Waals surface area contributed by atoms with Crippen molar-refractivity contribution in [2.24, 2.45) is 0 Å². The minimum Gasteiger partial charge on any atom is -0.456 e. The lowest BCUT2D eigenvalue weighted by Crippen LogP contribution is -2.00. The summed E-state index contributed by atoms with van der Waals surface area (Å²) in [6.07, 6.45) is 0. The number of hydrogen-bond acceptors (Lipinski definition) is 8. The molecular formula is C49H27N5O2S. The number of hydrogen-bond donors (Lipinski definition) is 0. The molecule has 0 amide bonds. The van der Waals surface area contributed by atoms with Gasteiger partial charge in [0.1, 0.15) is 22.3 Å². The third kappa shape index (κ3) is 5.08. The van der Waals surface area contributed by atoms with Crippen molar-refractivity contribution in [2.45, 2.75) is 0 Å². The first kappa shape index (κ1) is 31.8. The van der Waals surface area contributed by atoms with Crippen LogP contribution in [0.4, 0.5) is 0 Å². The fraction of sp³-hybridized carbons (Fsp3) is 0. The second-order valence-corrected chi connectivity index (χ2v) is 15.0. The lowest BCUT2D eigenvalue weighted by molar-refractivity contribution is 0.668. The van der Waals surface area contributed by atoms with Gasteiger partial charge < -0.3 is 8.83 Å². The molecule has 12 aromatic rings. The molecule has 7 aromatic carbocycles. The van der Waals surface area contributed by atoms with Crippen LogP contribution in [0.25, 0.3) is 121 Å². The minimum atomic E-state index is 0.562. The fourth-order valence-electron chi connectivity index (χ4n) is 7.92. The lowest BCUT2D eigenvalue weighted by atomic mass is 10.0. The number of nitrogens with zero attached hydrogens (tertiary/aromatic N) is 5. The van der Waals surface area contributed by atoms with Gasteiger partial charge in [-0.15, -0.1) is 11.3 Å². The molecule has 0 aliphatic heterocycles. The first-order chi connectivity index (χ1) is 28.2. The zero-order valence-corrected chi connectivity index (χ0v) is 30.9. The molecule has 0 unspecified atom stereocenters. The number of aromatic nitrogens is 5. The highest BCUT2D eigenvalue weighted by atomic mass is 32.1. The fourth-order valence-corrected chi connectivity index (χ4v) is 9.07. The van der Waals surface area contributed by atoms with E-state index in [9.17, 15) is 0 Å². The topological polar surface area (TPSA) is 90.7 Å². The molecule has 8 heteroatoms. The predicted octanol–water partition coefficient (Wildman–Crippen LogP) is 13.2. The van der Waals surface area contributed by atoms with Crippen molar-refractivity contribution in [2.75, 3.05) is 0 Å². The summed E-state index contributed by atoms with van der Waals surface area (Å²) in [7, 11) is 0. The highest BCUT2D eigenvalue weighted by Gasteiger charge is 2.23. The second-order valence-electron chi connectivity index (χ2n) is 14.0. The van der Waals surface area contributed by atoms with Gasteiger partial charge in [0.2, 0.25) is 0 Å². The molecule has 0 aliphatic carbocycles. The Morgan fingerprint density at radius 3 is 1.81 bits per heavy atom. The zero-order chi connectivity index (χ0) is 37.5. The zero-order valence-electron chi connectivity index (χ0n) is 30.0. The summed E-state index contributed by atoms with van der Waals surface area (Å²) in [5.41, 5.74) is 9.26. The molecule has 0 atom stereocenters. The van der Waals surface area contributed by atoms with Crippen molar-refractivity contribution in [3.05, 3.63) is 164 Å². The van der Waals surface area contributed by atoms with Crippen LogP contribution in [0.3, 0.4) is 0 Å². The molecule has 0 N–H and O–H groups in total. The van der Waals surface area contributed by atoms with Gasteiger partial charge in [-0.3, -0.25) is 0 Å². The number of thiophene rings is 1. The van der Waals surface area contributed by atoms with E-state index in [0.717, 1.165) is 92.1 Å². The van der Waals surface area contributed by atoms with Crippen LogP contribution in [-0.4, -0.2) is 24.9 Å². The summed E-state index contributed by atoms with van der Waals surface area (Å²) in [6.45, 7) is 0. The standard InChI is InChI=1S/C49H27N5O2S/c1-3-13-28(14-4-1)46-52-47(29-15-5-2-6-16-29)54-48(53-46)35-20-12-23-38-41(35)34-19-11-21-36(44(34)56-38)49-50-42(45-43(51-49)33-18-8-10-24-40(33)57-45)30-25-26-32-31-17-7-9-22-37(31)55-39(32)27-30/h1-27H. The third-order valence-corrected chi connectivity index (χ3v) is 11.7. The molecule has 12 rings (SSSR count). The minimum absolute atomic E-state index is 0.562. The molecule has 5 heterocycles. The van der Waals surface area contributed by atoms with E-state index in [1.165, 1.54) is 0 Å². The van der Waals surface area contributed by atoms with E-state index < -0.39 is 0 Å². The van der Waals surface area contributed by atoms with Gasteiger partial charge in [0, 0.05) is 53.9 Å². The van der Waals surface area contributed by atoms with Crippen LogP contribution >= 0.6 is 11.3 Å². The van der Waals surface area contributed by atoms with E-state index in [-0.39, 0.29) is 0 Å². The van der Waals surface area contributed by atoms with Crippen molar-refractivity contribution in [3.8, 4) is 56.8 Å². The van der Waals surface area contributed by atoms with Crippen molar-refractivity contribution in [3.63, 3.8) is 0 Å². The Labute approximate surface area is 328 Å². The van der Waals surface area contributed by atoms with Crippen LogP contribution in [0, 0.1) is 0 Å². The summed E-state index contributed by atoms with van der Waals surface area (Å²) in [4.78, 5) is 25.7. The summed E-state index contributed by atoms with van der Waals surface area (Å²) in [5, 5.41) is 5.09. The van der Waals surface area contributed by atoms with E-state index in [0.29, 0.717) is 28.9 Å². The Bertz CT molecular complexity index is 3480. The Balaban J connectivity index is 1.08. The van der Waals surface area contributed by atoms with Gasteiger partial charge >= 0.3 is 0 Å². The molecule has 0 radical (unpaired) electrons. The lowest BCUT2D eigenvalue weighted by Gasteiger charge is -2.09. The largest absolute Gasteiger partial charge is 0.456 e. The molecule has 0 bridgehead atoms. The van der Waals surface area contributed by atoms with Crippen LogP contribution in [0.2, 0.25) is 0 Å². The molecule has 0 spiro atoms. The first-order valence-corrected chi connectivity index (χ1v) is 19.5. The van der Waals surface area contributed by atoms with Gasteiger partial charge in [0.15, 0.2) is 23.3 Å². The molecule has 266 valence electrons. The number of benzene rings is 7. The maximum Gasteiger partial charge on any atom is 0.164 e. The Kier molecular flexibility index (Phi) is 6.96. The molecular weight excluding hydrogens is 723 g/mol. The maximum atomic E-state index is 6.78. The smallest absolute Gasteiger partial charge is 0.164 e. The van der Waals surface area contributed by atoms with Gasteiger partial charge in [-0.25, -0.2) is 24.9 Å². The highest BCUT2D eigenvalue weighted by Crippen LogP contribution is 2.44. The summed E-state index contributed by atoms with van der Waals surface area (Å²) < 4.78 is 15.3. The monoisotopic (exact) mass is 749 g/mol. The van der Waals surface area contributed by atoms with E-state index in [1.807, 2.05) is 103 Å². The number of para-hydroxylation sites is 2. The molecule has 0 saturated heterocycles. The van der Waals surface area contributed by atoms with Crippen LogP contribution in [0.1, 0.15) is 0 Å². The van der Waals surface area contributed by atoms with Gasteiger partial charge in [0.25, 0.3) is 0 Å². The van der Waals surface area contributed by atoms with Crippen molar-refractivity contribution >= 4 is 75.5 Å². The average Bonchev–Trinajstić information content (AvgIpc) is 3.97. The molecule has 57 heavy (non-hydrogen) atoms. The molecule has 0 fully saturated rings. The number of fused-ring (bicyclic) bond motifs is 9. The third-order valence-electron chi connectivity index (χ3n) is 10.6. The highest BCUT2D eigenvalue weighted by molar-refractivity contribution is 7.26. The maximum absolute atomic E-state index is 6.78. The van der Waals surface area contributed by atoms with Gasteiger partial charge in [-0.05, 0) is 36.4 Å². The molecule has 7 nitrogen and oxygen atoms in total. The normalized spacial score (nSPS) is 11.9. The summed E-state index contributed by atoms with van der Waals surface area (Å²) >= 11 is 1.71. The van der Waals surface area contributed by atoms with Gasteiger partial charge in [-0.2, -0.15) is 0 Å². The second kappa shape index (κ2) is 12.5. The van der Waals surface area contributed by atoms with Crippen LogP contribution in [0.15, 0.2) is 173 Å². The van der Waals surface area contributed by atoms with Crippen molar-refractivity contribution in [1.29, 1.82) is 0 Å². The van der Waals surface area contributed by atoms with Crippen molar-refractivity contribution in [1.82, 2.24) is 24.9 Å². The molecule has 5 aromatic heterocycles. The average molecular weight is 750 g/mol. The summed E-state index contributed by atoms with van der Waals surface area (Å²) in [5.74, 6) is 2.34. The number of furan rings is 2. The van der Waals surface area contributed by atoms with E-state index in [2.05, 4.69) is 60.7 Å².